The van der Waals surface area contributed by atoms with Gasteiger partial charge in [0.15, 0.2) is 23.0 Å². The lowest BCUT2D eigenvalue weighted by molar-refractivity contribution is -0.00727. The topological polar surface area (TPSA) is 95.8 Å². The van der Waals surface area contributed by atoms with E-state index in [1.807, 2.05) is 6.07 Å². The molecule has 2 aromatic carbocycles. The van der Waals surface area contributed by atoms with E-state index in [0.29, 0.717) is 36.2 Å². The second kappa shape index (κ2) is 7.94. The van der Waals surface area contributed by atoms with E-state index >= 15 is 0 Å². The quantitative estimate of drug-likeness (QED) is 0.688. The smallest absolute Gasteiger partial charge is 0.201 e. The van der Waals surface area contributed by atoms with Crippen molar-refractivity contribution in [2.45, 2.75) is 26.1 Å². The zero-order valence-corrected chi connectivity index (χ0v) is 19.2. The predicted molar refractivity (Wildman–Crippen MR) is 116 cm³/mol. The highest BCUT2D eigenvalue weighted by atomic mass is 16.5. The van der Waals surface area contributed by atoms with Gasteiger partial charge in [0.2, 0.25) is 11.5 Å². The fraction of sp³-hybridized carbons (Fsp3) is 0.500. The highest BCUT2D eigenvalue weighted by molar-refractivity contribution is 5.57. The van der Waals surface area contributed by atoms with Gasteiger partial charge in [-0.3, -0.25) is 0 Å². The van der Waals surface area contributed by atoms with E-state index in [1.165, 1.54) is 28.4 Å². The van der Waals surface area contributed by atoms with Gasteiger partial charge in [-0.1, -0.05) is 13.8 Å². The first kappa shape index (κ1) is 22.4. The van der Waals surface area contributed by atoms with Gasteiger partial charge in [-0.25, -0.2) is 0 Å². The molecule has 0 aliphatic carbocycles. The maximum absolute atomic E-state index is 10.6. The van der Waals surface area contributed by atoms with Crippen molar-refractivity contribution < 1.29 is 38.6 Å². The summed E-state index contributed by atoms with van der Waals surface area (Å²) in [5.74, 6) is 1.19. The number of ether oxygens (including phenoxy) is 6. The van der Waals surface area contributed by atoms with Crippen molar-refractivity contribution in [3.05, 3.63) is 35.4 Å². The summed E-state index contributed by atoms with van der Waals surface area (Å²) in [6.07, 6.45) is -0.691. The van der Waals surface area contributed by atoms with Crippen LogP contribution in [0.1, 0.15) is 37.2 Å². The second-order valence-electron chi connectivity index (χ2n) is 8.73. The molecule has 2 heterocycles. The summed E-state index contributed by atoms with van der Waals surface area (Å²) < 4.78 is 34.1. The van der Waals surface area contributed by atoms with Gasteiger partial charge in [0.05, 0.1) is 53.9 Å². The second-order valence-corrected chi connectivity index (χ2v) is 8.73. The van der Waals surface area contributed by atoms with Gasteiger partial charge in [0.25, 0.3) is 0 Å². The molecule has 8 nitrogen and oxygen atoms in total. The van der Waals surface area contributed by atoms with Crippen LogP contribution in [0.15, 0.2) is 24.3 Å². The predicted octanol–water partition coefficient (Wildman–Crippen LogP) is 3.99. The summed E-state index contributed by atoms with van der Waals surface area (Å²) in [5, 5.41) is 20.9. The zero-order valence-electron chi connectivity index (χ0n) is 19.2. The maximum Gasteiger partial charge on any atom is 0.201 e. The van der Waals surface area contributed by atoms with Gasteiger partial charge in [-0.15, -0.1) is 0 Å². The molecule has 2 N–H and O–H groups in total. The number of fused-ring (bicyclic) bond motifs is 1. The lowest BCUT2D eigenvalue weighted by atomic mass is 9.62. The van der Waals surface area contributed by atoms with Crippen LogP contribution in [0.25, 0.3) is 0 Å². The van der Waals surface area contributed by atoms with Crippen LogP contribution in [0.5, 0.6) is 34.5 Å². The molecule has 4 atom stereocenters. The highest BCUT2D eigenvalue weighted by Gasteiger charge is 2.65. The molecule has 0 aromatic heterocycles. The van der Waals surface area contributed by atoms with Crippen molar-refractivity contribution >= 4 is 0 Å². The van der Waals surface area contributed by atoms with Gasteiger partial charge in [-0.2, -0.15) is 0 Å². The number of hydrogen-bond acceptors (Lipinski definition) is 8. The molecule has 174 valence electrons. The normalized spacial score (nSPS) is 28.9. The molecule has 8 heteroatoms. The van der Waals surface area contributed by atoms with Crippen LogP contribution in [0.2, 0.25) is 0 Å². The Morgan fingerprint density at radius 3 is 1.81 bits per heavy atom. The van der Waals surface area contributed by atoms with E-state index in [4.69, 9.17) is 28.4 Å². The fourth-order valence-electron chi connectivity index (χ4n) is 5.08. The molecule has 0 radical (unpaired) electrons. The minimum absolute atomic E-state index is 0.0522. The third-order valence-corrected chi connectivity index (χ3v) is 7.20. The first-order valence-electron chi connectivity index (χ1n) is 10.4. The summed E-state index contributed by atoms with van der Waals surface area (Å²) >= 11 is 0. The van der Waals surface area contributed by atoms with Crippen molar-refractivity contribution in [2.75, 3.05) is 41.7 Å². The first-order valence-corrected chi connectivity index (χ1v) is 10.4. The molecule has 2 fully saturated rings. The van der Waals surface area contributed by atoms with Crippen LogP contribution in [-0.4, -0.2) is 51.9 Å². The van der Waals surface area contributed by atoms with Gasteiger partial charge < -0.3 is 38.6 Å². The molecule has 32 heavy (non-hydrogen) atoms. The van der Waals surface area contributed by atoms with Crippen LogP contribution in [-0.2, 0) is 9.47 Å². The fourth-order valence-corrected chi connectivity index (χ4v) is 5.08. The lowest BCUT2D eigenvalue weighted by Crippen LogP contribution is -2.37. The largest absolute Gasteiger partial charge is 0.502 e. The van der Waals surface area contributed by atoms with Crippen molar-refractivity contribution in [1.82, 2.24) is 0 Å². The maximum atomic E-state index is 10.6. The molecule has 2 aromatic rings. The molecule has 2 aliphatic rings. The van der Waals surface area contributed by atoms with Crippen LogP contribution < -0.4 is 18.9 Å². The highest BCUT2D eigenvalue weighted by Crippen LogP contribution is 2.67. The molecule has 2 saturated heterocycles. The molecule has 0 unspecified atom stereocenters. The van der Waals surface area contributed by atoms with Crippen LogP contribution in [0.3, 0.4) is 0 Å². The number of methoxy groups -OCH3 is 4. The molecular weight excluding hydrogens is 416 g/mol. The summed E-state index contributed by atoms with van der Waals surface area (Å²) in [4.78, 5) is 0. The standard InChI is InChI=1S/C24H30O8/c1-23-11-32-22(14-7-8-15(27-3)19(26)20(14)30-6)24(23,2)12-31-21(23)13-9-16(28-4)18(25)17(10-13)29-5/h7-10,21-22,25-26H,11-12H2,1-6H3/t21-,22-,23-,24-/m1/s1. The van der Waals surface area contributed by atoms with E-state index in [-0.39, 0.29) is 23.7 Å². The summed E-state index contributed by atoms with van der Waals surface area (Å²) in [6.45, 7) is 5.12. The van der Waals surface area contributed by atoms with Crippen LogP contribution in [0.4, 0.5) is 0 Å². The molecular formula is C24H30O8. The first-order chi connectivity index (χ1) is 15.2. The minimum atomic E-state index is -0.426. The monoisotopic (exact) mass is 446 g/mol. The van der Waals surface area contributed by atoms with Gasteiger partial charge in [0.1, 0.15) is 0 Å². The van der Waals surface area contributed by atoms with E-state index in [1.54, 1.807) is 18.2 Å². The molecule has 0 amide bonds. The summed E-state index contributed by atoms with van der Waals surface area (Å²) in [5.41, 5.74) is 0.730. The zero-order chi connectivity index (χ0) is 23.3. The Hall–Kier alpha value is -2.84. The van der Waals surface area contributed by atoms with Crippen molar-refractivity contribution in [3.63, 3.8) is 0 Å². The minimum Gasteiger partial charge on any atom is -0.502 e. The molecule has 2 aliphatic heterocycles. The average Bonchev–Trinajstić information content (AvgIpc) is 3.20. The lowest BCUT2D eigenvalue weighted by Gasteiger charge is -2.37. The molecule has 4 rings (SSSR count). The van der Waals surface area contributed by atoms with E-state index in [2.05, 4.69) is 13.8 Å². The number of phenols is 2. The van der Waals surface area contributed by atoms with Gasteiger partial charge >= 0.3 is 0 Å². The van der Waals surface area contributed by atoms with Crippen molar-refractivity contribution in [3.8, 4) is 34.5 Å². The average molecular weight is 446 g/mol. The van der Waals surface area contributed by atoms with E-state index in [9.17, 15) is 10.2 Å². The molecule has 0 bridgehead atoms. The Balaban J connectivity index is 1.76. The number of hydrogen-bond donors (Lipinski definition) is 2. The SMILES string of the molecule is COc1cc([C@H]2OC[C@]3(C)[C@@H](c4ccc(OC)c(O)c4OC)OC[C@]23C)cc(OC)c1O. The number of benzene rings is 2. The van der Waals surface area contributed by atoms with E-state index < -0.39 is 10.8 Å². The molecule has 0 spiro atoms. The third kappa shape index (κ3) is 2.97. The van der Waals surface area contributed by atoms with Crippen molar-refractivity contribution in [2.24, 2.45) is 10.8 Å². The van der Waals surface area contributed by atoms with Crippen LogP contribution >= 0.6 is 0 Å². The number of rotatable bonds is 6. The number of aromatic hydroxyl groups is 2. The Morgan fingerprint density at radius 2 is 1.28 bits per heavy atom. The van der Waals surface area contributed by atoms with Gasteiger partial charge in [0, 0.05) is 16.4 Å². The summed E-state index contributed by atoms with van der Waals surface area (Å²) in [7, 11) is 6.00. The summed E-state index contributed by atoms with van der Waals surface area (Å²) in [6, 6.07) is 7.11. The van der Waals surface area contributed by atoms with E-state index in [0.717, 1.165) is 11.1 Å². The van der Waals surface area contributed by atoms with Gasteiger partial charge in [-0.05, 0) is 29.8 Å². The Morgan fingerprint density at radius 1 is 0.750 bits per heavy atom. The van der Waals surface area contributed by atoms with Crippen molar-refractivity contribution in [1.29, 1.82) is 0 Å². The number of phenolic OH excluding ortho intramolecular Hbond substituents is 2. The Labute approximate surface area is 187 Å². The Kier molecular flexibility index (Phi) is 5.55. The Bertz CT molecular complexity index is 996. The third-order valence-electron chi connectivity index (χ3n) is 7.20. The molecule has 0 saturated carbocycles. The van der Waals surface area contributed by atoms with Crippen LogP contribution in [0, 0.1) is 10.8 Å².